The van der Waals surface area contributed by atoms with E-state index in [0.29, 0.717) is 11.8 Å². The van der Waals surface area contributed by atoms with E-state index in [1.54, 1.807) is 0 Å². The SMILES string of the molecule is CC(C)CN1CC2(CCNCC2)[C@@]2(CCNC2=O)C1. The Morgan fingerprint density at radius 1 is 1.16 bits per heavy atom. The number of likely N-dealkylation sites (tertiary alicyclic amines) is 1. The molecule has 4 heteroatoms. The summed E-state index contributed by atoms with van der Waals surface area (Å²) in [4.78, 5) is 15.1. The van der Waals surface area contributed by atoms with Crippen molar-refractivity contribution in [1.82, 2.24) is 15.5 Å². The average molecular weight is 265 g/mol. The zero-order valence-corrected chi connectivity index (χ0v) is 12.3. The van der Waals surface area contributed by atoms with Crippen LogP contribution in [-0.2, 0) is 4.79 Å². The monoisotopic (exact) mass is 265 g/mol. The predicted molar refractivity (Wildman–Crippen MR) is 75.9 cm³/mol. The van der Waals surface area contributed by atoms with E-state index >= 15 is 0 Å². The van der Waals surface area contributed by atoms with Gasteiger partial charge in [0, 0.05) is 31.6 Å². The standard InChI is InChI=1S/C15H27N3O/c1-12(2)9-18-10-14(3-6-16-7-4-14)15(11-18)5-8-17-13(15)19/h12,16H,3-11H2,1-2H3,(H,17,19)/t15-/m0/s1. The molecule has 0 aromatic carbocycles. The molecule has 0 aromatic rings. The Morgan fingerprint density at radius 3 is 2.47 bits per heavy atom. The van der Waals surface area contributed by atoms with Crippen LogP contribution < -0.4 is 10.6 Å². The molecule has 108 valence electrons. The number of nitrogens with zero attached hydrogens (tertiary/aromatic N) is 1. The molecule has 2 spiro atoms. The lowest BCUT2D eigenvalue weighted by atomic mass is 9.60. The predicted octanol–water partition coefficient (Wildman–Crippen LogP) is 0.834. The average Bonchev–Trinajstić information content (AvgIpc) is 2.84. The van der Waals surface area contributed by atoms with Crippen LogP contribution in [0.5, 0.6) is 0 Å². The molecule has 1 amide bonds. The highest BCUT2D eigenvalue weighted by molar-refractivity contribution is 5.86. The van der Waals surface area contributed by atoms with Crippen molar-refractivity contribution in [1.29, 1.82) is 0 Å². The summed E-state index contributed by atoms with van der Waals surface area (Å²) >= 11 is 0. The Balaban J connectivity index is 1.88. The molecule has 0 radical (unpaired) electrons. The zero-order chi connectivity index (χ0) is 13.5. The van der Waals surface area contributed by atoms with Crippen LogP contribution in [0.4, 0.5) is 0 Å². The van der Waals surface area contributed by atoms with E-state index in [0.717, 1.165) is 58.5 Å². The molecule has 3 aliphatic rings. The molecule has 3 saturated heterocycles. The van der Waals surface area contributed by atoms with Gasteiger partial charge in [0.2, 0.25) is 5.91 Å². The smallest absolute Gasteiger partial charge is 0.228 e. The second kappa shape index (κ2) is 4.74. The summed E-state index contributed by atoms with van der Waals surface area (Å²) in [6.07, 6.45) is 3.37. The van der Waals surface area contributed by atoms with Crippen molar-refractivity contribution in [3.63, 3.8) is 0 Å². The Morgan fingerprint density at radius 2 is 1.89 bits per heavy atom. The summed E-state index contributed by atoms with van der Waals surface area (Å²) in [6, 6.07) is 0. The minimum Gasteiger partial charge on any atom is -0.356 e. The first kappa shape index (κ1) is 13.4. The molecule has 0 aliphatic carbocycles. The highest BCUT2D eigenvalue weighted by Gasteiger charge is 2.62. The summed E-state index contributed by atoms with van der Waals surface area (Å²) in [5.74, 6) is 1.01. The molecule has 3 aliphatic heterocycles. The van der Waals surface area contributed by atoms with Gasteiger partial charge in [-0.1, -0.05) is 13.8 Å². The van der Waals surface area contributed by atoms with Gasteiger partial charge in [-0.3, -0.25) is 4.79 Å². The van der Waals surface area contributed by atoms with Gasteiger partial charge in [-0.2, -0.15) is 0 Å². The van der Waals surface area contributed by atoms with Gasteiger partial charge < -0.3 is 15.5 Å². The van der Waals surface area contributed by atoms with Gasteiger partial charge in [0.15, 0.2) is 0 Å². The first-order valence-corrected chi connectivity index (χ1v) is 7.79. The van der Waals surface area contributed by atoms with E-state index in [9.17, 15) is 4.79 Å². The van der Waals surface area contributed by atoms with Crippen molar-refractivity contribution in [3.8, 4) is 0 Å². The Hall–Kier alpha value is -0.610. The van der Waals surface area contributed by atoms with Crippen molar-refractivity contribution >= 4 is 5.91 Å². The number of nitrogens with one attached hydrogen (secondary N) is 2. The molecule has 19 heavy (non-hydrogen) atoms. The fourth-order valence-corrected chi connectivity index (χ4v) is 4.70. The van der Waals surface area contributed by atoms with Gasteiger partial charge >= 0.3 is 0 Å². The molecule has 4 nitrogen and oxygen atoms in total. The zero-order valence-electron chi connectivity index (χ0n) is 12.3. The van der Waals surface area contributed by atoms with Gasteiger partial charge in [-0.25, -0.2) is 0 Å². The molecule has 0 saturated carbocycles. The van der Waals surface area contributed by atoms with Gasteiger partial charge in [-0.05, 0) is 38.3 Å². The fraction of sp³-hybridized carbons (Fsp3) is 0.933. The Labute approximate surface area is 116 Å². The third-order valence-corrected chi connectivity index (χ3v) is 5.49. The number of carbonyl (C=O) groups is 1. The maximum atomic E-state index is 12.5. The van der Waals surface area contributed by atoms with Crippen LogP contribution in [0, 0.1) is 16.7 Å². The van der Waals surface area contributed by atoms with Crippen LogP contribution >= 0.6 is 0 Å². The highest BCUT2D eigenvalue weighted by atomic mass is 16.2. The number of hydrogen-bond acceptors (Lipinski definition) is 3. The summed E-state index contributed by atoms with van der Waals surface area (Å²) in [5, 5.41) is 6.57. The van der Waals surface area contributed by atoms with Gasteiger partial charge in [-0.15, -0.1) is 0 Å². The maximum Gasteiger partial charge on any atom is 0.228 e. The largest absolute Gasteiger partial charge is 0.356 e. The van der Waals surface area contributed by atoms with E-state index in [4.69, 9.17) is 0 Å². The summed E-state index contributed by atoms with van der Waals surface area (Å²) in [6.45, 7) is 10.8. The maximum absolute atomic E-state index is 12.5. The van der Waals surface area contributed by atoms with Gasteiger partial charge in [0.25, 0.3) is 0 Å². The van der Waals surface area contributed by atoms with Crippen LogP contribution in [0.15, 0.2) is 0 Å². The summed E-state index contributed by atoms with van der Waals surface area (Å²) in [7, 11) is 0. The quantitative estimate of drug-likeness (QED) is 0.777. The first-order chi connectivity index (χ1) is 9.08. The number of carbonyl (C=O) groups excluding carboxylic acids is 1. The van der Waals surface area contributed by atoms with Crippen molar-refractivity contribution in [2.75, 3.05) is 39.3 Å². The summed E-state index contributed by atoms with van der Waals surface area (Å²) < 4.78 is 0. The van der Waals surface area contributed by atoms with E-state index in [2.05, 4.69) is 29.4 Å². The number of piperidine rings is 1. The van der Waals surface area contributed by atoms with E-state index in [1.807, 2.05) is 0 Å². The molecule has 0 bridgehead atoms. The van der Waals surface area contributed by atoms with Crippen LogP contribution in [0.25, 0.3) is 0 Å². The minimum absolute atomic E-state index is 0.0933. The molecular weight excluding hydrogens is 238 g/mol. The lowest BCUT2D eigenvalue weighted by Gasteiger charge is -2.43. The van der Waals surface area contributed by atoms with Crippen LogP contribution in [0.2, 0.25) is 0 Å². The molecule has 2 N–H and O–H groups in total. The summed E-state index contributed by atoms with van der Waals surface area (Å²) in [5.41, 5.74) is 0.137. The minimum atomic E-state index is -0.0933. The third kappa shape index (κ3) is 2.00. The highest BCUT2D eigenvalue weighted by Crippen LogP contribution is 2.55. The molecule has 3 rings (SSSR count). The Bertz CT molecular complexity index is 362. The lowest BCUT2D eigenvalue weighted by Crippen LogP contribution is -2.51. The van der Waals surface area contributed by atoms with Gasteiger partial charge in [0.1, 0.15) is 0 Å². The van der Waals surface area contributed by atoms with Crippen LogP contribution in [0.1, 0.15) is 33.1 Å². The topological polar surface area (TPSA) is 44.4 Å². The molecule has 3 heterocycles. The number of fused-ring (bicyclic) bond motifs is 1. The second-order valence-electron chi connectivity index (χ2n) is 7.18. The number of rotatable bonds is 2. The molecule has 0 aromatic heterocycles. The van der Waals surface area contributed by atoms with E-state index < -0.39 is 0 Å². The fourth-order valence-electron chi connectivity index (χ4n) is 4.70. The van der Waals surface area contributed by atoms with Crippen molar-refractivity contribution < 1.29 is 4.79 Å². The molecule has 0 unspecified atom stereocenters. The number of amides is 1. The molecule has 1 atom stereocenters. The Kier molecular flexibility index (Phi) is 3.34. The van der Waals surface area contributed by atoms with Gasteiger partial charge in [0.05, 0.1) is 5.41 Å². The van der Waals surface area contributed by atoms with Crippen molar-refractivity contribution in [2.45, 2.75) is 33.1 Å². The number of hydrogen-bond donors (Lipinski definition) is 2. The first-order valence-electron chi connectivity index (χ1n) is 7.79. The van der Waals surface area contributed by atoms with Crippen LogP contribution in [0.3, 0.4) is 0 Å². The third-order valence-electron chi connectivity index (χ3n) is 5.49. The van der Waals surface area contributed by atoms with Crippen molar-refractivity contribution in [2.24, 2.45) is 16.7 Å². The lowest BCUT2D eigenvalue weighted by molar-refractivity contribution is -0.133. The van der Waals surface area contributed by atoms with E-state index in [-0.39, 0.29) is 10.8 Å². The van der Waals surface area contributed by atoms with Crippen LogP contribution in [-0.4, -0.2) is 50.1 Å². The normalized spacial score (nSPS) is 34.6. The molecular formula is C15H27N3O. The van der Waals surface area contributed by atoms with Crippen molar-refractivity contribution in [3.05, 3.63) is 0 Å². The molecule has 3 fully saturated rings. The van der Waals surface area contributed by atoms with E-state index in [1.165, 1.54) is 0 Å². The second-order valence-corrected chi connectivity index (χ2v) is 7.18.